The zero-order valence-corrected chi connectivity index (χ0v) is 10.5. The summed E-state index contributed by atoms with van der Waals surface area (Å²) < 4.78 is 40.3. The third-order valence-corrected chi connectivity index (χ3v) is 1.38. The molecule has 1 aliphatic heterocycles. The van der Waals surface area contributed by atoms with Gasteiger partial charge >= 0.3 is 10.4 Å². The Balaban J connectivity index is 0. The molecule has 1 heterocycles. The molecule has 0 atom stereocenters. The molecule has 0 saturated carbocycles. The molecule has 0 spiro atoms. The third-order valence-electron chi connectivity index (χ3n) is 0.947. The topological polar surface area (TPSA) is 85.4 Å². The van der Waals surface area contributed by atoms with Crippen molar-refractivity contribution in [2.45, 2.75) is 13.8 Å². The summed E-state index contributed by atoms with van der Waals surface area (Å²) >= 11 is 0. The van der Waals surface area contributed by atoms with Gasteiger partial charge in [0.2, 0.25) is 0 Å². The van der Waals surface area contributed by atoms with Crippen molar-refractivity contribution >= 4 is 10.4 Å². The molecule has 7 heteroatoms. The Morgan fingerprint density at radius 1 is 1.38 bits per heavy atom. The van der Waals surface area contributed by atoms with E-state index >= 15 is 0 Å². The molecule has 1 saturated heterocycles. The number of hydrogen-bond donors (Lipinski definition) is 1. The van der Waals surface area contributed by atoms with Gasteiger partial charge in [-0.3, -0.25) is 4.55 Å². The lowest BCUT2D eigenvalue weighted by Gasteiger charge is -1.90. The second-order valence-electron chi connectivity index (χ2n) is 2.39. The SMILES string of the molecule is C1CO1.C=CCOS(=O)(=O)O.CCOCC. The van der Waals surface area contributed by atoms with Crippen molar-refractivity contribution in [2.75, 3.05) is 33.0 Å². The highest BCUT2D eigenvalue weighted by Crippen LogP contribution is 1.84. The molecule has 1 N–H and O–H groups in total. The molecular weight excluding hydrogens is 236 g/mol. The summed E-state index contributed by atoms with van der Waals surface area (Å²) in [6.07, 6.45) is 1.22. The van der Waals surface area contributed by atoms with E-state index in [2.05, 4.69) is 15.5 Å². The molecule has 6 nitrogen and oxygen atoms in total. The van der Waals surface area contributed by atoms with E-state index in [-0.39, 0.29) is 6.61 Å². The zero-order chi connectivity index (χ0) is 12.9. The Labute approximate surface area is 97.2 Å². The van der Waals surface area contributed by atoms with Gasteiger partial charge < -0.3 is 9.47 Å². The van der Waals surface area contributed by atoms with Gasteiger partial charge in [0.15, 0.2) is 0 Å². The molecule has 0 aromatic rings. The molecule has 0 aromatic carbocycles. The maximum Gasteiger partial charge on any atom is 0.397 e. The van der Waals surface area contributed by atoms with Gasteiger partial charge in [-0.1, -0.05) is 6.08 Å². The molecular formula is C9H20O6S. The van der Waals surface area contributed by atoms with E-state index < -0.39 is 10.4 Å². The molecule has 0 amide bonds. The van der Waals surface area contributed by atoms with E-state index in [9.17, 15) is 8.42 Å². The Morgan fingerprint density at radius 2 is 1.81 bits per heavy atom. The van der Waals surface area contributed by atoms with Crippen molar-refractivity contribution in [2.24, 2.45) is 0 Å². The Morgan fingerprint density at radius 3 is 1.88 bits per heavy atom. The van der Waals surface area contributed by atoms with Crippen LogP contribution in [0, 0.1) is 0 Å². The summed E-state index contributed by atoms with van der Waals surface area (Å²) in [5.41, 5.74) is 0. The second kappa shape index (κ2) is 12.6. The molecule has 0 aliphatic carbocycles. The molecule has 0 unspecified atom stereocenters. The fraction of sp³-hybridized carbons (Fsp3) is 0.778. The molecule has 98 valence electrons. The predicted molar refractivity (Wildman–Crippen MR) is 60.7 cm³/mol. The number of epoxide rings is 1. The Hall–Kier alpha value is -0.470. The first kappa shape index (κ1) is 17.9. The van der Waals surface area contributed by atoms with Crippen molar-refractivity contribution in [3.05, 3.63) is 12.7 Å². The number of ether oxygens (including phenoxy) is 2. The summed E-state index contributed by atoms with van der Waals surface area (Å²) in [7, 11) is -4.26. The highest BCUT2D eigenvalue weighted by molar-refractivity contribution is 7.80. The van der Waals surface area contributed by atoms with Gasteiger partial charge in [-0.2, -0.15) is 8.42 Å². The molecule has 1 rings (SSSR count). The lowest BCUT2D eigenvalue weighted by Crippen LogP contribution is -2.02. The van der Waals surface area contributed by atoms with Gasteiger partial charge in [-0.25, -0.2) is 4.18 Å². The van der Waals surface area contributed by atoms with Crippen LogP contribution in [0.1, 0.15) is 13.8 Å². The van der Waals surface area contributed by atoms with E-state index in [1.54, 1.807) is 0 Å². The maximum atomic E-state index is 9.68. The fourth-order valence-corrected chi connectivity index (χ4v) is 0.606. The van der Waals surface area contributed by atoms with Crippen LogP contribution in [-0.4, -0.2) is 46.0 Å². The van der Waals surface area contributed by atoms with E-state index in [1.807, 2.05) is 13.8 Å². The summed E-state index contributed by atoms with van der Waals surface area (Å²) in [5.74, 6) is 0. The molecule has 0 bridgehead atoms. The minimum Gasteiger partial charge on any atom is -0.382 e. The van der Waals surface area contributed by atoms with Crippen molar-refractivity contribution < 1.29 is 26.6 Å². The quantitative estimate of drug-likeness (QED) is 0.449. The third kappa shape index (κ3) is 37.5. The van der Waals surface area contributed by atoms with Crippen LogP contribution in [0.3, 0.4) is 0 Å². The van der Waals surface area contributed by atoms with E-state index in [0.717, 1.165) is 26.4 Å². The van der Waals surface area contributed by atoms with E-state index in [1.165, 1.54) is 6.08 Å². The number of hydrogen-bond acceptors (Lipinski definition) is 5. The summed E-state index contributed by atoms with van der Waals surface area (Å²) in [6, 6.07) is 0. The van der Waals surface area contributed by atoms with Crippen LogP contribution in [0.2, 0.25) is 0 Å². The molecule has 0 aromatic heterocycles. The Kier molecular flexibility index (Phi) is 14.1. The number of rotatable bonds is 5. The van der Waals surface area contributed by atoms with E-state index in [0.29, 0.717) is 0 Å². The van der Waals surface area contributed by atoms with Crippen molar-refractivity contribution in [3.8, 4) is 0 Å². The van der Waals surface area contributed by atoms with Crippen LogP contribution in [0.4, 0.5) is 0 Å². The second-order valence-corrected chi connectivity index (χ2v) is 3.49. The fourth-order valence-electron chi connectivity index (χ4n) is 0.338. The maximum absolute atomic E-state index is 9.68. The van der Waals surface area contributed by atoms with Crippen LogP contribution in [0.25, 0.3) is 0 Å². The monoisotopic (exact) mass is 256 g/mol. The van der Waals surface area contributed by atoms with Gasteiger partial charge in [-0.15, -0.1) is 6.58 Å². The smallest absolute Gasteiger partial charge is 0.382 e. The summed E-state index contributed by atoms with van der Waals surface area (Å²) in [6.45, 7) is 10.6. The standard InChI is InChI=1S/C4H10O.C3H6O4S.C2H4O/c1-3-5-4-2;1-2-3-7-8(4,5)6;1-2-3-1/h3-4H2,1-2H3;2H,1,3H2,(H,4,5,6);1-2H2. The normalized spacial score (nSPS) is 12.7. The summed E-state index contributed by atoms with van der Waals surface area (Å²) in [4.78, 5) is 0. The van der Waals surface area contributed by atoms with Crippen molar-refractivity contribution in [1.29, 1.82) is 0 Å². The average molecular weight is 256 g/mol. The molecule has 1 aliphatic rings. The first-order chi connectivity index (χ1) is 7.47. The largest absolute Gasteiger partial charge is 0.397 e. The minimum absolute atomic E-state index is 0.196. The van der Waals surface area contributed by atoms with Crippen LogP contribution in [0.15, 0.2) is 12.7 Å². The van der Waals surface area contributed by atoms with Gasteiger partial charge in [0.05, 0.1) is 19.8 Å². The summed E-state index contributed by atoms with van der Waals surface area (Å²) in [5, 5.41) is 0. The Bertz CT molecular complexity index is 230. The molecule has 1 fully saturated rings. The minimum atomic E-state index is -4.26. The predicted octanol–water partition coefficient (Wildman–Crippen LogP) is 1.05. The highest BCUT2D eigenvalue weighted by Gasteiger charge is 1.99. The molecule has 0 radical (unpaired) electrons. The van der Waals surface area contributed by atoms with Crippen LogP contribution in [-0.2, 0) is 24.1 Å². The van der Waals surface area contributed by atoms with Gasteiger partial charge in [0.25, 0.3) is 0 Å². The van der Waals surface area contributed by atoms with E-state index in [4.69, 9.17) is 9.29 Å². The van der Waals surface area contributed by atoms with Crippen molar-refractivity contribution in [3.63, 3.8) is 0 Å². The highest BCUT2D eigenvalue weighted by atomic mass is 32.3. The van der Waals surface area contributed by atoms with Crippen molar-refractivity contribution in [1.82, 2.24) is 0 Å². The lowest BCUT2D eigenvalue weighted by molar-refractivity contribution is 0.162. The van der Waals surface area contributed by atoms with Gasteiger partial charge in [-0.05, 0) is 13.8 Å². The lowest BCUT2D eigenvalue weighted by atomic mass is 10.7. The first-order valence-corrected chi connectivity index (χ1v) is 6.22. The average Bonchev–Trinajstić information content (AvgIpc) is 3.02. The van der Waals surface area contributed by atoms with Crippen LogP contribution in [0.5, 0.6) is 0 Å². The first-order valence-electron chi connectivity index (χ1n) is 4.86. The van der Waals surface area contributed by atoms with Crippen LogP contribution >= 0.6 is 0 Å². The van der Waals surface area contributed by atoms with Gasteiger partial charge in [0.1, 0.15) is 0 Å². The molecule has 16 heavy (non-hydrogen) atoms. The van der Waals surface area contributed by atoms with Crippen LogP contribution < -0.4 is 0 Å². The van der Waals surface area contributed by atoms with Gasteiger partial charge in [0, 0.05) is 13.2 Å². The zero-order valence-electron chi connectivity index (χ0n) is 9.72.